The Labute approximate surface area is 156 Å². The molecule has 2 aromatic carbocycles. The zero-order valence-corrected chi connectivity index (χ0v) is 14.7. The first kappa shape index (κ1) is 16.5. The van der Waals surface area contributed by atoms with E-state index in [0.29, 0.717) is 5.56 Å². The van der Waals surface area contributed by atoms with Crippen molar-refractivity contribution in [2.45, 2.75) is 6.92 Å². The summed E-state index contributed by atoms with van der Waals surface area (Å²) in [5.41, 5.74) is 8.06. The van der Waals surface area contributed by atoms with Crippen molar-refractivity contribution in [1.82, 2.24) is 14.8 Å². The van der Waals surface area contributed by atoms with Crippen molar-refractivity contribution < 1.29 is 0 Å². The Morgan fingerprint density at radius 3 is 2.59 bits per heavy atom. The highest BCUT2D eigenvalue weighted by atomic mass is 15.3. The van der Waals surface area contributed by atoms with Gasteiger partial charge in [0.15, 0.2) is 5.65 Å². The molecule has 0 amide bonds. The SMILES string of the molecule is Cc1nn(-c2ccccc2)c2nccc(NN=Cc3ccc(C#N)cc3)c12. The predicted octanol–water partition coefficient (Wildman–Crippen LogP) is 4.05. The van der Waals surface area contributed by atoms with Crippen molar-refractivity contribution in [3.05, 3.63) is 83.7 Å². The second-order valence-electron chi connectivity index (χ2n) is 5.99. The van der Waals surface area contributed by atoms with E-state index in [4.69, 9.17) is 5.26 Å². The Kier molecular flexibility index (Phi) is 4.33. The summed E-state index contributed by atoms with van der Waals surface area (Å²) in [6, 6.07) is 21.1. The lowest BCUT2D eigenvalue weighted by Crippen LogP contribution is -1.97. The average molecular weight is 352 g/mol. The van der Waals surface area contributed by atoms with E-state index in [1.807, 2.05) is 60.1 Å². The first-order valence-electron chi connectivity index (χ1n) is 8.45. The normalized spacial score (nSPS) is 11.0. The standard InChI is InChI=1S/C21H16N6/c1-15-20-19(25-24-14-17-9-7-16(13-22)8-10-17)11-12-23-21(20)27(26-15)18-5-3-2-4-6-18/h2-12,14H,1H3,(H,23,25). The van der Waals surface area contributed by atoms with Crippen molar-refractivity contribution in [1.29, 1.82) is 5.26 Å². The van der Waals surface area contributed by atoms with Crippen LogP contribution in [0.1, 0.15) is 16.8 Å². The number of rotatable bonds is 4. The van der Waals surface area contributed by atoms with Gasteiger partial charge in [-0.2, -0.15) is 15.5 Å². The fraction of sp³-hybridized carbons (Fsp3) is 0.0476. The Balaban J connectivity index is 1.65. The van der Waals surface area contributed by atoms with E-state index in [1.165, 1.54) is 0 Å². The van der Waals surface area contributed by atoms with Gasteiger partial charge in [-0.3, -0.25) is 5.43 Å². The fourth-order valence-electron chi connectivity index (χ4n) is 2.88. The molecule has 0 unspecified atom stereocenters. The van der Waals surface area contributed by atoms with E-state index < -0.39 is 0 Å². The van der Waals surface area contributed by atoms with Crippen LogP contribution in [0.5, 0.6) is 0 Å². The van der Waals surface area contributed by atoms with E-state index >= 15 is 0 Å². The summed E-state index contributed by atoms with van der Waals surface area (Å²) in [4.78, 5) is 4.50. The largest absolute Gasteiger partial charge is 0.278 e. The summed E-state index contributed by atoms with van der Waals surface area (Å²) in [6.07, 6.45) is 3.45. The van der Waals surface area contributed by atoms with Crippen LogP contribution >= 0.6 is 0 Å². The lowest BCUT2D eigenvalue weighted by atomic mass is 10.2. The van der Waals surface area contributed by atoms with Crippen LogP contribution in [0, 0.1) is 18.3 Å². The number of para-hydroxylation sites is 1. The Bertz CT molecular complexity index is 1150. The minimum atomic E-state index is 0.625. The third-order valence-corrected chi connectivity index (χ3v) is 4.18. The second kappa shape index (κ2) is 7.10. The molecule has 130 valence electrons. The van der Waals surface area contributed by atoms with Crippen LogP contribution < -0.4 is 5.43 Å². The lowest BCUT2D eigenvalue weighted by molar-refractivity contribution is 0.878. The maximum absolute atomic E-state index is 8.85. The predicted molar refractivity (Wildman–Crippen MR) is 106 cm³/mol. The van der Waals surface area contributed by atoms with Crippen molar-refractivity contribution in [3.8, 4) is 11.8 Å². The third kappa shape index (κ3) is 3.26. The monoisotopic (exact) mass is 352 g/mol. The van der Waals surface area contributed by atoms with E-state index in [0.717, 1.165) is 33.7 Å². The van der Waals surface area contributed by atoms with Gasteiger partial charge in [0.05, 0.1) is 40.3 Å². The Morgan fingerprint density at radius 2 is 1.85 bits per heavy atom. The van der Waals surface area contributed by atoms with Gasteiger partial charge in [0.1, 0.15) is 0 Å². The molecule has 0 bridgehead atoms. The van der Waals surface area contributed by atoms with Crippen LogP contribution in [0.3, 0.4) is 0 Å². The van der Waals surface area contributed by atoms with Crippen molar-refractivity contribution >= 4 is 22.9 Å². The second-order valence-corrected chi connectivity index (χ2v) is 5.99. The average Bonchev–Trinajstić information content (AvgIpc) is 3.07. The molecule has 0 radical (unpaired) electrons. The lowest BCUT2D eigenvalue weighted by Gasteiger charge is -2.04. The van der Waals surface area contributed by atoms with Gasteiger partial charge in [-0.1, -0.05) is 30.3 Å². The van der Waals surface area contributed by atoms with Gasteiger partial charge >= 0.3 is 0 Å². The molecule has 1 N–H and O–H groups in total. The van der Waals surface area contributed by atoms with Gasteiger partial charge < -0.3 is 0 Å². The number of nitrogens with zero attached hydrogens (tertiary/aromatic N) is 5. The first-order valence-corrected chi connectivity index (χ1v) is 8.45. The van der Waals surface area contributed by atoms with E-state index in [2.05, 4.69) is 26.7 Å². The summed E-state index contributed by atoms with van der Waals surface area (Å²) >= 11 is 0. The number of pyridine rings is 1. The van der Waals surface area contributed by atoms with Crippen molar-refractivity contribution in [2.24, 2.45) is 5.10 Å². The highest BCUT2D eigenvalue weighted by Crippen LogP contribution is 2.26. The molecule has 0 saturated heterocycles. The van der Waals surface area contributed by atoms with Gasteiger partial charge in [-0.15, -0.1) is 0 Å². The van der Waals surface area contributed by atoms with Crippen LogP contribution in [-0.4, -0.2) is 21.0 Å². The van der Waals surface area contributed by atoms with Crippen molar-refractivity contribution in [3.63, 3.8) is 0 Å². The van der Waals surface area contributed by atoms with Crippen molar-refractivity contribution in [2.75, 3.05) is 5.43 Å². The van der Waals surface area contributed by atoms with Crippen LogP contribution in [0.4, 0.5) is 5.69 Å². The van der Waals surface area contributed by atoms with E-state index in [-0.39, 0.29) is 0 Å². The molecule has 6 heteroatoms. The van der Waals surface area contributed by atoms with E-state index in [1.54, 1.807) is 24.5 Å². The molecule has 0 aliphatic rings. The number of anilines is 1. The molecule has 6 nitrogen and oxygen atoms in total. The Hall–Kier alpha value is -3.98. The molecular formula is C21H16N6. The molecule has 0 aliphatic carbocycles. The zero-order chi connectivity index (χ0) is 18.6. The highest BCUT2D eigenvalue weighted by Gasteiger charge is 2.13. The number of hydrazone groups is 1. The molecular weight excluding hydrogens is 336 g/mol. The maximum atomic E-state index is 8.85. The number of hydrogen-bond acceptors (Lipinski definition) is 5. The molecule has 0 saturated carbocycles. The molecule has 0 fully saturated rings. The zero-order valence-electron chi connectivity index (χ0n) is 14.7. The highest BCUT2D eigenvalue weighted by molar-refractivity contribution is 5.92. The summed E-state index contributed by atoms with van der Waals surface area (Å²) < 4.78 is 1.83. The van der Waals surface area contributed by atoms with Gasteiger partial charge in [0.2, 0.25) is 0 Å². The van der Waals surface area contributed by atoms with E-state index in [9.17, 15) is 0 Å². The minimum absolute atomic E-state index is 0.625. The number of hydrogen-bond donors (Lipinski definition) is 1. The third-order valence-electron chi connectivity index (χ3n) is 4.18. The number of fused-ring (bicyclic) bond motifs is 1. The summed E-state index contributed by atoms with van der Waals surface area (Å²) in [5.74, 6) is 0. The molecule has 27 heavy (non-hydrogen) atoms. The Morgan fingerprint density at radius 1 is 1.07 bits per heavy atom. The molecule has 0 aliphatic heterocycles. The van der Waals surface area contributed by atoms with Crippen LogP contribution in [0.25, 0.3) is 16.7 Å². The van der Waals surface area contributed by atoms with Crippen LogP contribution in [0.2, 0.25) is 0 Å². The molecule has 0 spiro atoms. The molecule has 2 heterocycles. The summed E-state index contributed by atoms with van der Waals surface area (Å²) in [5, 5.41) is 18.7. The number of benzene rings is 2. The van der Waals surface area contributed by atoms with Gasteiger partial charge in [0.25, 0.3) is 0 Å². The van der Waals surface area contributed by atoms with Crippen LogP contribution in [-0.2, 0) is 0 Å². The van der Waals surface area contributed by atoms with Gasteiger partial charge in [-0.05, 0) is 42.8 Å². The smallest absolute Gasteiger partial charge is 0.165 e. The molecule has 2 aromatic heterocycles. The first-order chi connectivity index (χ1) is 13.3. The van der Waals surface area contributed by atoms with Crippen LogP contribution in [0.15, 0.2) is 72.0 Å². The molecule has 4 rings (SSSR count). The fourth-order valence-corrected chi connectivity index (χ4v) is 2.88. The van der Waals surface area contributed by atoms with Gasteiger partial charge in [0, 0.05) is 6.20 Å². The van der Waals surface area contributed by atoms with Gasteiger partial charge in [-0.25, -0.2) is 9.67 Å². The maximum Gasteiger partial charge on any atom is 0.165 e. The topological polar surface area (TPSA) is 78.9 Å². The summed E-state index contributed by atoms with van der Waals surface area (Å²) in [6.45, 7) is 1.96. The number of aromatic nitrogens is 3. The number of nitrogens with one attached hydrogen (secondary N) is 1. The molecule has 4 aromatic rings. The quantitative estimate of drug-likeness (QED) is 0.444. The summed E-state index contributed by atoms with van der Waals surface area (Å²) in [7, 11) is 0. The molecule has 0 atom stereocenters. The minimum Gasteiger partial charge on any atom is -0.278 e. The number of nitriles is 1. The number of aryl methyl sites for hydroxylation is 1.